The van der Waals surface area contributed by atoms with Gasteiger partial charge < -0.3 is 27.9 Å². The maximum Gasteiger partial charge on any atom is 0.306 e. The zero-order valence-corrected chi connectivity index (χ0v) is 38.9. The molecule has 0 saturated carbocycles. The number of unbranched alkanes of at least 4 members (excludes halogenated alkanes) is 20. The number of nitrogens with zero attached hydrogens (tertiary/aromatic N) is 1. The summed E-state index contributed by atoms with van der Waals surface area (Å²) >= 11 is 0. The fourth-order valence-corrected chi connectivity index (χ4v) is 6.91. The lowest BCUT2D eigenvalue weighted by atomic mass is 10.0. The summed E-state index contributed by atoms with van der Waals surface area (Å²) in [5.74, 6) is -0.896. The van der Waals surface area contributed by atoms with Gasteiger partial charge in [0.05, 0.1) is 27.7 Å². The second-order valence-corrected chi connectivity index (χ2v) is 18.2. The summed E-state index contributed by atoms with van der Waals surface area (Å²) in [4.78, 5) is 37.6. The zero-order valence-electron chi connectivity index (χ0n) is 38.0. The molecule has 0 heterocycles. The van der Waals surface area contributed by atoms with E-state index in [1.807, 2.05) is 21.1 Å². The van der Waals surface area contributed by atoms with Crippen molar-refractivity contribution in [2.24, 2.45) is 0 Å². The molecule has 0 spiro atoms. The van der Waals surface area contributed by atoms with Crippen molar-refractivity contribution in [2.45, 2.75) is 200 Å². The number of phosphoric acid groups is 1. The van der Waals surface area contributed by atoms with Crippen LogP contribution in [-0.4, -0.2) is 70.0 Å². The summed E-state index contributed by atoms with van der Waals surface area (Å²) in [5.41, 5.74) is 0. The third-order valence-corrected chi connectivity index (χ3v) is 10.8. The Kier molecular flexibility index (Phi) is 39.0. The number of likely N-dealkylation sites (N-methyl/N-ethyl adjacent to an activating group) is 1. The van der Waals surface area contributed by atoms with Crippen LogP contribution in [-0.2, 0) is 32.7 Å². The van der Waals surface area contributed by atoms with Gasteiger partial charge in [-0.25, -0.2) is 0 Å². The molecule has 2 atom stereocenters. The van der Waals surface area contributed by atoms with Crippen LogP contribution in [0.4, 0.5) is 0 Å². The summed E-state index contributed by atoms with van der Waals surface area (Å²) < 4.78 is 33.9. The first-order valence-electron chi connectivity index (χ1n) is 23.3. The van der Waals surface area contributed by atoms with Gasteiger partial charge in [-0.15, -0.1) is 0 Å². The molecule has 0 aromatic rings. The van der Waals surface area contributed by atoms with Gasteiger partial charge in [0.15, 0.2) is 6.10 Å². The molecule has 58 heavy (non-hydrogen) atoms. The van der Waals surface area contributed by atoms with E-state index in [4.69, 9.17) is 18.5 Å². The van der Waals surface area contributed by atoms with Gasteiger partial charge in [0.2, 0.25) is 0 Å². The van der Waals surface area contributed by atoms with Crippen LogP contribution in [0.2, 0.25) is 0 Å². The third kappa shape index (κ3) is 43.5. The number of phosphoric ester groups is 1. The molecule has 0 bridgehead atoms. The van der Waals surface area contributed by atoms with E-state index in [0.717, 1.165) is 44.9 Å². The highest BCUT2D eigenvalue weighted by Crippen LogP contribution is 2.38. The predicted molar refractivity (Wildman–Crippen MR) is 240 cm³/mol. The lowest BCUT2D eigenvalue weighted by Gasteiger charge is -2.28. The largest absolute Gasteiger partial charge is 0.756 e. The van der Waals surface area contributed by atoms with E-state index in [1.165, 1.54) is 109 Å². The number of rotatable bonds is 42. The molecule has 0 amide bonds. The van der Waals surface area contributed by atoms with Crippen molar-refractivity contribution in [2.75, 3.05) is 47.5 Å². The van der Waals surface area contributed by atoms with Crippen molar-refractivity contribution < 1.29 is 42.1 Å². The van der Waals surface area contributed by atoms with Crippen molar-refractivity contribution >= 4 is 19.8 Å². The molecule has 0 saturated heterocycles. The number of carbonyl (C=O) groups is 2. The average molecular weight is 838 g/mol. The highest BCUT2D eigenvalue weighted by atomic mass is 31.2. The molecule has 10 heteroatoms. The lowest BCUT2D eigenvalue weighted by molar-refractivity contribution is -0.870. The minimum atomic E-state index is -4.64. The Labute approximate surface area is 356 Å². The Hall–Kier alpha value is -2.03. The predicted octanol–water partition coefficient (Wildman–Crippen LogP) is 12.8. The van der Waals surface area contributed by atoms with Crippen molar-refractivity contribution in [1.82, 2.24) is 0 Å². The van der Waals surface area contributed by atoms with E-state index in [2.05, 4.69) is 62.5 Å². The van der Waals surface area contributed by atoms with Crippen LogP contribution in [0.1, 0.15) is 194 Å². The highest BCUT2D eigenvalue weighted by molar-refractivity contribution is 7.45. The average Bonchev–Trinajstić information content (AvgIpc) is 3.17. The van der Waals surface area contributed by atoms with E-state index in [-0.39, 0.29) is 26.1 Å². The van der Waals surface area contributed by atoms with Gasteiger partial charge >= 0.3 is 11.9 Å². The number of allylic oxidation sites excluding steroid dienone is 8. The minimum Gasteiger partial charge on any atom is -0.756 e. The maximum absolute atomic E-state index is 12.7. The molecule has 0 aromatic carbocycles. The third-order valence-electron chi connectivity index (χ3n) is 9.85. The first-order valence-corrected chi connectivity index (χ1v) is 24.8. The second-order valence-electron chi connectivity index (χ2n) is 16.8. The summed E-state index contributed by atoms with van der Waals surface area (Å²) in [6.45, 7) is 4.15. The number of carbonyl (C=O) groups excluding carboxylic acids is 2. The maximum atomic E-state index is 12.7. The Bertz CT molecular complexity index is 1130. The summed E-state index contributed by atoms with van der Waals surface area (Å²) in [7, 11) is 1.14. The van der Waals surface area contributed by atoms with Gasteiger partial charge in [-0.3, -0.25) is 14.2 Å². The molecule has 338 valence electrons. The first kappa shape index (κ1) is 56.0. The van der Waals surface area contributed by atoms with Crippen LogP contribution < -0.4 is 4.89 Å². The fraction of sp³-hybridized carbons (Fsp3) is 0.792. The molecule has 0 radical (unpaired) electrons. The van der Waals surface area contributed by atoms with Gasteiger partial charge in [0.1, 0.15) is 19.8 Å². The van der Waals surface area contributed by atoms with E-state index in [0.29, 0.717) is 23.9 Å². The summed E-state index contributed by atoms with van der Waals surface area (Å²) in [6.07, 6.45) is 47.1. The van der Waals surface area contributed by atoms with Crippen LogP contribution in [0, 0.1) is 0 Å². The number of quaternary nitrogens is 1. The van der Waals surface area contributed by atoms with E-state index < -0.39 is 32.5 Å². The summed E-state index contributed by atoms with van der Waals surface area (Å²) in [6, 6.07) is 0. The van der Waals surface area contributed by atoms with Gasteiger partial charge in [-0.05, 0) is 51.4 Å². The quantitative estimate of drug-likeness (QED) is 0.0196. The smallest absolute Gasteiger partial charge is 0.306 e. The van der Waals surface area contributed by atoms with Crippen molar-refractivity contribution in [3.63, 3.8) is 0 Å². The molecular weight excluding hydrogens is 750 g/mol. The molecule has 0 N–H and O–H groups in total. The molecule has 0 fully saturated rings. The molecule has 0 aliphatic carbocycles. The van der Waals surface area contributed by atoms with Crippen LogP contribution in [0.5, 0.6) is 0 Å². The second kappa shape index (κ2) is 40.4. The Balaban J connectivity index is 4.40. The monoisotopic (exact) mass is 838 g/mol. The van der Waals surface area contributed by atoms with Gasteiger partial charge in [-0.2, -0.15) is 0 Å². The van der Waals surface area contributed by atoms with Crippen LogP contribution >= 0.6 is 7.82 Å². The van der Waals surface area contributed by atoms with E-state index >= 15 is 0 Å². The van der Waals surface area contributed by atoms with Crippen LogP contribution in [0.15, 0.2) is 48.6 Å². The molecule has 0 aromatic heterocycles. The number of hydrogen-bond acceptors (Lipinski definition) is 8. The van der Waals surface area contributed by atoms with Crippen LogP contribution in [0.25, 0.3) is 0 Å². The van der Waals surface area contributed by atoms with Crippen LogP contribution in [0.3, 0.4) is 0 Å². The van der Waals surface area contributed by atoms with Gasteiger partial charge in [0.25, 0.3) is 7.82 Å². The number of hydrogen-bond donors (Lipinski definition) is 0. The van der Waals surface area contributed by atoms with Crippen molar-refractivity contribution in [3.8, 4) is 0 Å². The van der Waals surface area contributed by atoms with Crippen molar-refractivity contribution in [3.05, 3.63) is 48.6 Å². The Morgan fingerprint density at radius 2 is 0.948 bits per heavy atom. The first-order chi connectivity index (χ1) is 28.0. The molecule has 9 nitrogen and oxygen atoms in total. The topological polar surface area (TPSA) is 111 Å². The SMILES string of the molecule is CCCCC/C=C\C/C=C\C/C=C\C/C=C\CCCC(=O)OC[C@H](COP(=O)([O-])OCC[N+](C)(C)C)OC(=O)CCCCCCCCCCCCCCCCCCC. The van der Waals surface area contributed by atoms with Gasteiger partial charge in [-0.1, -0.05) is 178 Å². The summed E-state index contributed by atoms with van der Waals surface area (Å²) in [5, 5.41) is 0. The Morgan fingerprint density at radius 3 is 1.43 bits per heavy atom. The standard InChI is InChI=1S/C48H88NO8P/c1-6-8-10-12-14-16-18-20-22-24-26-28-30-32-34-36-38-40-47(50)54-44-46(45-56-58(52,53)55-43-42-49(3,4)5)57-48(51)41-39-37-35-33-31-29-27-25-23-21-19-17-15-13-11-9-7-2/h14,16,20,22,26,28,32,34,46H,6-13,15,17-19,21,23-25,27,29-31,33,35-45H2,1-5H3/b16-14-,22-20-,28-26-,34-32-/t46-/m1/s1. The molecule has 1 unspecified atom stereocenters. The van der Waals surface area contributed by atoms with Gasteiger partial charge in [0, 0.05) is 12.8 Å². The highest BCUT2D eigenvalue weighted by Gasteiger charge is 2.21. The molecule has 0 rings (SSSR count). The molecule has 0 aliphatic rings. The van der Waals surface area contributed by atoms with E-state index in [9.17, 15) is 19.0 Å². The fourth-order valence-electron chi connectivity index (χ4n) is 6.18. The Morgan fingerprint density at radius 1 is 0.534 bits per heavy atom. The number of ether oxygens (including phenoxy) is 2. The molecular formula is C48H88NO8P. The van der Waals surface area contributed by atoms with Crippen molar-refractivity contribution in [1.29, 1.82) is 0 Å². The number of esters is 2. The normalized spacial score (nSPS) is 14.0. The molecule has 0 aliphatic heterocycles. The minimum absolute atomic E-state index is 0.0392. The van der Waals surface area contributed by atoms with E-state index in [1.54, 1.807) is 0 Å². The zero-order chi connectivity index (χ0) is 42.8. The lowest BCUT2D eigenvalue weighted by Crippen LogP contribution is -2.37.